The molecule has 0 bridgehead atoms. The third kappa shape index (κ3) is 2.64. The maximum atomic E-state index is 5.58. The fraction of sp³-hybridized carbons (Fsp3) is 0.455. The Morgan fingerprint density at radius 3 is 2.43 bits per heavy atom. The SMILES string of the molecule is CCOc1ccc(CN)c(OCC)c1. The Labute approximate surface area is 84.8 Å². The molecule has 0 unspecified atom stereocenters. The average molecular weight is 195 g/mol. The Kier molecular flexibility index (Phi) is 4.26. The van der Waals surface area contributed by atoms with Crippen LogP contribution in [0.25, 0.3) is 0 Å². The molecule has 14 heavy (non-hydrogen) atoms. The van der Waals surface area contributed by atoms with Gasteiger partial charge in [-0.1, -0.05) is 6.07 Å². The van der Waals surface area contributed by atoms with E-state index >= 15 is 0 Å². The summed E-state index contributed by atoms with van der Waals surface area (Å²) in [5.74, 6) is 1.65. The van der Waals surface area contributed by atoms with Crippen molar-refractivity contribution < 1.29 is 9.47 Å². The molecule has 1 aromatic carbocycles. The highest BCUT2D eigenvalue weighted by molar-refractivity contribution is 5.40. The first kappa shape index (κ1) is 10.9. The topological polar surface area (TPSA) is 44.5 Å². The van der Waals surface area contributed by atoms with Crippen molar-refractivity contribution >= 4 is 0 Å². The minimum absolute atomic E-state index is 0.488. The number of hydrogen-bond donors (Lipinski definition) is 1. The quantitative estimate of drug-likeness (QED) is 0.781. The summed E-state index contributed by atoms with van der Waals surface area (Å²) in [5, 5.41) is 0. The zero-order valence-corrected chi connectivity index (χ0v) is 8.75. The van der Waals surface area contributed by atoms with E-state index in [2.05, 4.69) is 0 Å². The van der Waals surface area contributed by atoms with Crippen LogP contribution in [0.2, 0.25) is 0 Å². The van der Waals surface area contributed by atoms with Gasteiger partial charge in [0.1, 0.15) is 11.5 Å². The van der Waals surface area contributed by atoms with Crippen LogP contribution in [0.4, 0.5) is 0 Å². The van der Waals surface area contributed by atoms with Gasteiger partial charge in [0, 0.05) is 18.2 Å². The third-order valence-electron chi connectivity index (χ3n) is 1.87. The molecule has 0 saturated heterocycles. The van der Waals surface area contributed by atoms with Gasteiger partial charge in [-0.15, -0.1) is 0 Å². The van der Waals surface area contributed by atoms with Crippen LogP contribution in [-0.2, 0) is 6.54 Å². The second-order valence-corrected chi connectivity index (χ2v) is 2.84. The molecule has 0 amide bonds. The maximum absolute atomic E-state index is 5.58. The van der Waals surface area contributed by atoms with E-state index in [4.69, 9.17) is 15.2 Å². The van der Waals surface area contributed by atoms with Gasteiger partial charge in [-0.25, -0.2) is 0 Å². The van der Waals surface area contributed by atoms with E-state index in [0.717, 1.165) is 17.1 Å². The predicted octanol–water partition coefficient (Wildman–Crippen LogP) is 1.94. The molecule has 0 saturated carbocycles. The van der Waals surface area contributed by atoms with Crippen molar-refractivity contribution in [2.24, 2.45) is 5.73 Å². The van der Waals surface area contributed by atoms with Gasteiger partial charge in [-0.3, -0.25) is 0 Å². The van der Waals surface area contributed by atoms with Crippen molar-refractivity contribution in [3.63, 3.8) is 0 Å². The van der Waals surface area contributed by atoms with E-state index in [1.54, 1.807) is 0 Å². The van der Waals surface area contributed by atoms with Crippen molar-refractivity contribution in [2.45, 2.75) is 20.4 Å². The third-order valence-corrected chi connectivity index (χ3v) is 1.87. The minimum Gasteiger partial charge on any atom is -0.494 e. The predicted molar refractivity (Wildman–Crippen MR) is 56.7 cm³/mol. The number of hydrogen-bond acceptors (Lipinski definition) is 3. The molecule has 1 aromatic rings. The lowest BCUT2D eigenvalue weighted by molar-refractivity contribution is 0.321. The Bertz CT molecular complexity index is 287. The minimum atomic E-state index is 0.488. The first-order valence-electron chi connectivity index (χ1n) is 4.90. The van der Waals surface area contributed by atoms with Crippen LogP contribution in [0.15, 0.2) is 18.2 Å². The molecular weight excluding hydrogens is 178 g/mol. The molecule has 0 radical (unpaired) electrons. The molecule has 3 heteroatoms. The summed E-state index contributed by atoms with van der Waals surface area (Å²) in [5.41, 5.74) is 6.59. The second-order valence-electron chi connectivity index (χ2n) is 2.84. The molecular formula is C11H17NO2. The molecule has 0 aromatic heterocycles. The lowest BCUT2D eigenvalue weighted by Gasteiger charge is -2.10. The van der Waals surface area contributed by atoms with Crippen LogP contribution >= 0.6 is 0 Å². The largest absolute Gasteiger partial charge is 0.494 e. The number of nitrogens with two attached hydrogens (primary N) is 1. The lowest BCUT2D eigenvalue weighted by atomic mass is 10.2. The smallest absolute Gasteiger partial charge is 0.127 e. The lowest BCUT2D eigenvalue weighted by Crippen LogP contribution is -2.02. The molecule has 78 valence electrons. The molecule has 0 aliphatic heterocycles. The fourth-order valence-electron chi connectivity index (χ4n) is 1.25. The van der Waals surface area contributed by atoms with Crippen molar-refractivity contribution in [1.82, 2.24) is 0 Å². The van der Waals surface area contributed by atoms with Crippen molar-refractivity contribution in [2.75, 3.05) is 13.2 Å². The van der Waals surface area contributed by atoms with Crippen LogP contribution in [0, 0.1) is 0 Å². The first-order valence-corrected chi connectivity index (χ1v) is 4.90. The van der Waals surface area contributed by atoms with E-state index in [1.165, 1.54) is 0 Å². The van der Waals surface area contributed by atoms with Crippen LogP contribution < -0.4 is 15.2 Å². The Morgan fingerprint density at radius 1 is 1.14 bits per heavy atom. The molecule has 0 heterocycles. The molecule has 1 rings (SSSR count). The average Bonchev–Trinajstić information content (AvgIpc) is 2.19. The standard InChI is InChI=1S/C11H17NO2/c1-3-13-10-6-5-9(8-12)11(7-10)14-4-2/h5-7H,3-4,8,12H2,1-2H3. The van der Waals surface area contributed by atoms with Gasteiger partial charge in [0.2, 0.25) is 0 Å². The van der Waals surface area contributed by atoms with E-state index in [9.17, 15) is 0 Å². The van der Waals surface area contributed by atoms with Crippen molar-refractivity contribution in [1.29, 1.82) is 0 Å². The molecule has 0 atom stereocenters. The van der Waals surface area contributed by atoms with E-state index in [-0.39, 0.29) is 0 Å². The highest BCUT2D eigenvalue weighted by Crippen LogP contribution is 2.24. The maximum Gasteiger partial charge on any atom is 0.127 e. The monoisotopic (exact) mass is 195 g/mol. The van der Waals surface area contributed by atoms with E-state index < -0.39 is 0 Å². The number of ether oxygens (including phenoxy) is 2. The summed E-state index contributed by atoms with van der Waals surface area (Å²) in [4.78, 5) is 0. The van der Waals surface area contributed by atoms with Crippen molar-refractivity contribution in [3.8, 4) is 11.5 Å². The molecule has 2 N–H and O–H groups in total. The van der Waals surface area contributed by atoms with Crippen LogP contribution in [-0.4, -0.2) is 13.2 Å². The summed E-state index contributed by atoms with van der Waals surface area (Å²) in [6.07, 6.45) is 0. The zero-order valence-electron chi connectivity index (χ0n) is 8.75. The molecule has 0 aliphatic rings. The highest BCUT2D eigenvalue weighted by atomic mass is 16.5. The molecule has 3 nitrogen and oxygen atoms in total. The Balaban J connectivity index is 2.88. The van der Waals surface area contributed by atoms with Crippen molar-refractivity contribution in [3.05, 3.63) is 23.8 Å². The summed E-state index contributed by atoms with van der Waals surface area (Å²) in [6, 6.07) is 5.74. The summed E-state index contributed by atoms with van der Waals surface area (Å²) >= 11 is 0. The second kappa shape index (κ2) is 5.50. The Morgan fingerprint density at radius 2 is 1.86 bits per heavy atom. The number of benzene rings is 1. The summed E-state index contributed by atoms with van der Waals surface area (Å²) in [7, 11) is 0. The van der Waals surface area contributed by atoms with Gasteiger partial charge in [0.05, 0.1) is 13.2 Å². The zero-order chi connectivity index (χ0) is 10.4. The van der Waals surface area contributed by atoms with Crippen LogP contribution in [0.1, 0.15) is 19.4 Å². The summed E-state index contributed by atoms with van der Waals surface area (Å²) < 4.78 is 10.8. The van der Waals surface area contributed by atoms with Gasteiger partial charge in [-0.2, -0.15) is 0 Å². The fourth-order valence-corrected chi connectivity index (χ4v) is 1.25. The van der Waals surface area contributed by atoms with E-state index in [0.29, 0.717) is 19.8 Å². The van der Waals surface area contributed by atoms with E-state index in [1.807, 2.05) is 32.0 Å². The van der Waals surface area contributed by atoms with Gasteiger partial charge in [0.25, 0.3) is 0 Å². The first-order chi connectivity index (χ1) is 6.81. The van der Waals surface area contributed by atoms with Gasteiger partial charge >= 0.3 is 0 Å². The summed E-state index contributed by atoms with van der Waals surface area (Å²) in [6.45, 7) is 5.70. The highest BCUT2D eigenvalue weighted by Gasteiger charge is 2.03. The van der Waals surface area contributed by atoms with Crippen LogP contribution in [0.3, 0.4) is 0 Å². The number of rotatable bonds is 5. The normalized spacial score (nSPS) is 9.93. The Hall–Kier alpha value is -1.22. The molecule has 0 spiro atoms. The molecule has 0 fully saturated rings. The van der Waals surface area contributed by atoms with Crippen LogP contribution in [0.5, 0.6) is 11.5 Å². The van der Waals surface area contributed by atoms with Gasteiger partial charge in [-0.05, 0) is 19.9 Å². The van der Waals surface area contributed by atoms with Gasteiger partial charge in [0.15, 0.2) is 0 Å². The van der Waals surface area contributed by atoms with Gasteiger partial charge < -0.3 is 15.2 Å². The molecule has 0 aliphatic carbocycles.